The Morgan fingerprint density at radius 1 is 1.18 bits per heavy atom. The Morgan fingerprint density at radius 3 is 2.85 bits per heavy atom. The number of aliphatic imine (C=N–C) groups is 1. The van der Waals surface area contributed by atoms with Crippen molar-refractivity contribution in [2.75, 3.05) is 12.4 Å². The van der Waals surface area contributed by atoms with Gasteiger partial charge in [0.15, 0.2) is 0 Å². The molecular weight excluding hydrogens is 420 g/mol. The number of H-pyrrole nitrogens is 1. The molecule has 2 aliphatic rings. The third-order valence-electron chi connectivity index (χ3n) is 5.94. The molecule has 11 nitrogen and oxygen atoms in total. The Labute approximate surface area is 190 Å². The van der Waals surface area contributed by atoms with Gasteiger partial charge in [0.25, 0.3) is 5.56 Å². The van der Waals surface area contributed by atoms with E-state index in [1.165, 1.54) is 6.07 Å². The van der Waals surface area contributed by atoms with E-state index in [1.54, 1.807) is 29.2 Å². The van der Waals surface area contributed by atoms with Crippen molar-refractivity contribution < 1.29 is 0 Å². The molecule has 4 N–H and O–H groups in total. The summed E-state index contributed by atoms with van der Waals surface area (Å²) in [6.07, 6.45) is 9.97. The number of aromatic amines is 1. The van der Waals surface area contributed by atoms with Crippen LogP contribution in [0.4, 0.5) is 5.82 Å². The first kappa shape index (κ1) is 20.7. The normalized spacial score (nSPS) is 21.5. The minimum atomic E-state index is -0.136. The maximum Gasteiger partial charge on any atom is 0.255 e. The maximum absolute atomic E-state index is 12.4. The fourth-order valence-corrected chi connectivity index (χ4v) is 4.01. The van der Waals surface area contributed by atoms with E-state index in [9.17, 15) is 4.79 Å². The van der Waals surface area contributed by atoms with E-state index in [2.05, 4.69) is 36.5 Å². The molecule has 4 heterocycles. The summed E-state index contributed by atoms with van der Waals surface area (Å²) in [6, 6.07) is 7.58. The number of nitrogens with one attached hydrogen (secondary N) is 4. The molecule has 1 saturated carbocycles. The Morgan fingerprint density at radius 2 is 2.09 bits per heavy atom. The van der Waals surface area contributed by atoms with Gasteiger partial charge in [0.05, 0.1) is 24.1 Å². The van der Waals surface area contributed by atoms with Crippen molar-refractivity contribution in [3.8, 4) is 16.9 Å². The first-order valence-corrected chi connectivity index (χ1v) is 10.9. The van der Waals surface area contributed by atoms with Crippen LogP contribution in [0.2, 0.25) is 0 Å². The van der Waals surface area contributed by atoms with Crippen molar-refractivity contribution in [3.63, 3.8) is 0 Å². The number of hydrazine groups is 1. The monoisotopic (exact) mass is 446 g/mol. The zero-order valence-corrected chi connectivity index (χ0v) is 18.5. The van der Waals surface area contributed by atoms with Gasteiger partial charge in [-0.15, -0.1) is 0 Å². The average molecular weight is 447 g/mol. The molecule has 0 aromatic carbocycles. The van der Waals surface area contributed by atoms with Gasteiger partial charge < -0.3 is 10.6 Å². The van der Waals surface area contributed by atoms with E-state index in [0.717, 1.165) is 42.3 Å². The predicted octanol–water partition coefficient (Wildman–Crippen LogP) is 1.61. The topological polar surface area (TPSA) is 128 Å². The molecule has 2 atom stereocenters. The van der Waals surface area contributed by atoms with Crippen molar-refractivity contribution in [2.45, 2.75) is 38.3 Å². The van der Waals surface area contributed by atoms with Gasteiger partial charge in [-0.3, -0.25) is 19.8 Å². The van der Waals surface area contributed by atoms with Crippen molar-refractivity contribution in [2.24, 2.45) is 4.99 Å². The first-order valence-electron chi connectivity index (χ1n) is 10.9. The standard InChI is InChI=1S/C22H26N10O/c1-14-10-24-22(29-31(14)2)27-17-5-4-16(9-17)26-20-7-6-18(11-23-20)32-13-15(3-8-21(32)33)19-12-25-30-28-19/h3,6-8,10-13,16-17H,4-5,9H2,1-2H3,(H,23,26)(H2,24,27,29)(H,25,28,30)/t16-,17-/m0/s1. The Kier molecular flexibility index (Phi) is 5.51. The van der Waals surface area contributed by atoms with Crippen molar-refractivity contribution >= 4 is 11.8 Å². The van der Waals surface area contributed by atoms with Crippen LogP contribution in [0.15, 0.2) is 64.5 Å². The van der Waals surface area contributed by atoms with Gasteiger partial charge in [0, 0.05) is 42.8 Å². The zero-order valence-electron chi connectivity index (χ0n) is 18.5. The average Bonchev–Trinajstić information content (AvgIpc) is 3.50. The Hall–Kier alpha value is -4.15. The molecule has 1 aliphatic carbocycles. The largest absolute Gasteiger partial charge is 0.367 e. The van der Waals surface area contributed by atoms with Crippen molar-refractivity contribution in [1.29, 1.82) is 0 Å². The highest BCUT2D eigenvalue weighted by atomic mass is 16.1. The molecule has 0 bridgehead atoms. The van der Waals surface area contributed by atoms with Gasteiger partial charge in [-0.25, -0.2) is 9.98 Å². The lowest BCUT2D eigenvalue weighted by molar-refractivity contribution is 0.353. The highest BCUT2D eigenvalue weighted by Crippen LogP contribution is 2.25. The van der Waals surface area contributed by atoms with Crippen LogP contribution in [-0.4, -0.2) is 55.1 Å². The molecular formula is C22H26N10O. The van der Waals surface area contributed by atoms with Crippen LogP contribution in [0.25, 0.3) is 16.9 Å². The van der Waals surface area contributed by atoms with Crippen LogP contribution in [-0.2, 0) is 0 Å². The molecule has 0 radical (unpaired) electrons. The van der Waals surface area contributed by atoms with Crippen molar-refractivity contribution in [3.05, 3.63) is 65.1 Å². The summed E-state index contributed by atoms with van der Waals surface area (Å²) in [4.78, 5) is 21.7. The van der Waals surface area contributed by atoms with E-state index < -0.39 is 0 Å². The highest BCUT2D eigenvalue weighted by Gasteiger charge is 2.25. The van der Waals surface area contributed by atoms with Gasteiger partial charge in [0.1, 0.15) is 11.5 Å². The molecule has 3 aromatic rings. The SMILES string of the molecule is CC1=CNC(=N[C@H]2CC[C@H](Nc3ccc(-n4cc(-c5cn[nH]n5)ccc4=O)cn3)C2)NN1C. The summed E-state index contributed by atoms with van der Waals surface area (Å²) in [5.74, 6) is 1.56. The minimum Gasteiger partial charge on any atom is -0.367 e. The van der Waals surface area contributed by atoms with E-state index in [4.69, 9.17) is 4.99 Å². The molecule has 3 aromatic heterocycles. The van der Waals surface area contributed by atoms with Gasteiger partial charge in [0.2, 0.25) is 5.96 Å². The van der Waals surface area contributed by atoms with E-state index in [0.29, 0.717) is 17.4 Å². The van der Waals surface area contributed by atoms with Crippen LogP contribution >= 0.6 is 0 Å². The lowest BCUT2D eigenvalue weighted by Crippen LogP contribution is -2.48. The molecule has 0 spiro atoms. The number of allylic oxidation sites excluding steroid dienone is 1. The fourth-order valence-electron chi connectivity index (χ4n) is 4.01. The van der Waals surface area contributed by atoms with Crippen LogP contribution < -0.4 is 21.6 Å². The van der Waals surface area contributed by atoms with Crippen LogP contribution in [0.3, 0.4) is 0 Å². The second-order valence-corrected chi connectivity index (χ2v) is 8.27. The van der Waals surface area contributed by atoms with E-state index in [1.807, 2.05) is 37.3 Å². The Bertz CT molecular complexity index is 1230. The predicted molar refractivity (Wildman–Crippen MR) is 125 cm³/mol. The van der Waals surface area contributed by atoms with Crippen LogP contribution in [0.1, 0.15) is 26.2 Å². The summed E-state index contributed by atoms with van der Waals surface area (Å²) >= 11 is 0. The summed E-state index contributed by atoms with van der Waals surface area (Å²) in [6.45, 7) is 2.02. The smallest absolute Gasteiger partial charge is 0.255 e. The highest BCUT2D eigenvalue weighted by molar-refractivity contribution is 5.81. The quantitative estimate of drug-likeness (QED) is 0.465. The number of anilines is 1. The molecule has 33 heavy (non-hydrogen) atoms. The summed E-state index contributed by atoms with van der Waals surface area (Å²) in [5.41, 5.74) is 6.35. The number of pyridine rings is 2. The molecule has 11 heteroatoms. The molecule has 1 aliphatic heterocycles. The molecule has 0 saturated heterocycles. The van der Waals surface area contributed by atoms with Crippen molar-refractivity contribution in [1.82, 2.24) is 40.7 Å². The zero-order chi connectivity index (χ0) is 22.8. The van der Waals surface area contributed by atoms with Gasteiger partial charge in [-0.2, -0.15) is 15.4 Å². The maximum atomic E-state index is 12.4. The number of guanidine groups is 1. The second kappa shape index (κ2) is 8.77. The summed E-state index contributed by atoms with van der Waals surface area (Å²) in [7, 11) is 1.97. The molecule has 1 fully saturated rings. The van der Waals surface area contributed by atoms with E-state index >= 15 is 0 Å². The van der Waals surface area contributed by atoms with Gasteiger partial charge in [-0.05, 0) is 44.4 Å². The fraction of sp³-hybridized carbons (Fsp3) is 0.318. The number of nitrogens with zero attached hydrogens (tertiary/aromatic N) is 6. The second-order valence-electron chi connectivity index (χ2n) is 8.27. The van der Waals surface area contributed by atoms with Crippen LogP contribution in [0, 0.1) is 0 Å². The molecule has 170 valence electrons. The molecule has 5 rings (SSSR count). The van der Waals surface area contributed by atoms with E-state index in [-0.39, 0.29) is 11.6 Å². The molecule has 0 amide bonds. The Balaban J connectivity index is 1.23. The number of aromatic nitrogens is 5. The molecule has 0 unspecified atom stereocenters. The number of rotatable bonds is 5. The number of hydrogen-bond acceptors (Lipinski definition) is 7. The lowest BCUT2D eigenvalue weighted by atomic mass is 10.2. The summed E-state index contributed by atoms with van der Waals surface area (Å²) < 4.78 is 1.56. The third-order valence-corrected chi connectivity index (χ3v) is 5.94. The first-order chi connectivity index (χ1) is 16.0. The van der Waals surface area contributed by atoms with Gasteiger partial charge >= 0.3 is 0 Å². The lowest BCUT2D eigenvalue weighted by Gasteiger charge is -2.28. The third kappa shape index (κ3) is 4.56. The van der Waals surface area contributed by atoms with Crippen LogP contribution in [0.5, 0.6) is 0 Å². The minimum absolute atomic E-state index is 0.136. The summed E-state index contributed by atoms with van der Waals surface area (Å²) in [5, 5.41) is 19.1. The number of hydrogen-bond donors (Lipinski definition) is 4. The van der Waals surface area contributed by atoms with Gasteiger partial charge in [-0.1, -0.05) is 0 Å².